The van der Waals surface area contributed by atoms with Crippen LogP contribution in [0.2, 0.25) is 0 Å². The number of aliphatic hydroxyl groups is 3. The van der Waals surface area contributed by atoms with Crippen molar-refractivity contribution >= 4 is 18.6 Å². The van der Waals surface area contributed by atoms with Crippen LogP contribution in [0, 0.1) is 5.41 Å². The van der Waals surface area contributed by atoms with Gasteiger partial charge in [-0.25, -0.2) is 0 Å². The van der Waals surface area contributed by atoms with Crippen molar-refractivity contribution in [1.82, 2.24) is 0 Å². The highest BCUT2D eigenvalue weighted by Crippen LogP contribution is 2.18. The molecule has 86 valence electrons. The molecule has 4 N–H and O–H groups in total. The van der Waals surface area contributed by atoms with E-state index in [2.05, 4.69) is 12.6 Å². The van der Waals surface area contributed by atoms with E-state index in [0.717, 1.165) is 0 Å². The third kappa shape index (κ3) is 7.14. The van der Waals surface area contributed by atoms with Crippen molar-refractivity contribution < 1.29 is 25.2 Å². The van der Waals surface area contributed by atoms with E-state index in [9.17, 15) is 4.79 Å². The van der Waals surface area contributed by atoms with Crippen LogP contribution >= 0.6 is 12.6 Å². The number of aliphatic carboxylic acids is 1. The van der Waals surface area contributed by atoms with Crippen molar-refractivity contribution in [1.29, 1.82) is 0 Å². The molecular formula is C8H18O5S. The van der Waals surface area contributed by atoms with Crippen LogP contribution in [0.3, 0.4) is 0 Å². The van der Waals surface area contributed by atoms with Gasteiger partial charge in [-0.15, -0.1) is 0 Å². The standard InChI is InChI=1S/C6H14O3.C2H4O2S/c1-2-6(3-7,4-8)5-9;3-2(4)1-5/h7-9H,2-5H2,1H3;5H,1H2,(H,3,4). The number of aliphatic hydroxyl groups excluding tert-OH is 3. The first-order valence-corrected chi connectivity index (χ1v) is 4.80. The molecule has 0 fully saturated rings. The van der Waals surface area contributed by atoms with E-state index < -0.39 is 11.4 Å². The monoisotopic (exact) mass is 226 g/mol. The van der Waals surface area contributed by atoms with Gasteiger partial charge in [0.15, 0.2) is 0 Å². The van der Waals surface area contributed by atoms with E-state index in [1.807, 2.05) is 6.92 Å². The fourth-order valence-corrected chi connectivity index (χ4v) is 0.485. The molecule has 0 aliphatic heterocycles. The summed E-state index contributed by atoms with van der Waals surface area (Å²) in [7, 11) is 0. The molecule has 0 aromatic rings. The Morgan fingerprint density at radius 2 is 1.50 bits per heavy atom. The van der Waals surface area contributed by atoms with Crippen molar-refractivity contribution in [2.24, 2.45) is 5.41 Å². The number of carbonyl (C=O) groups is 1. The van der Waals surface area contributed by atoms with Gasteiger partial charge in [0.1, 0.15) is 0 Å². The predicted octanol–water partition coefficient (Wildman–Crippen LogP) is -0.640. The van der Waals surface area contributed by atoms with Gasteiger partial charge in [-0.2, -0.15) is 12.6 Å². The third-order valence-corrected chi connectivity index (χ3v) is 2.16. The largest absolute Gasteiger partial charge is 0.481 e. The summed E-state index contributed by atoms with van der Waals surface area (Å²) in [6, 6.07) is 0. The summed E-state index contributed by atoms with van der Waals surface area (Å²) in [5, 5.41) is 33.6. The summed E-state index contributed by atoms with van der Waals surface area (Å²) in [4.78, 5) is 9.29. The molecule has 0 aromatic heterocycles. The lowest BCUT2D eigenvalue weighted by molar-refractivity contribution is -0.133. The zero-order valence-corrected chi connectivity index (χ0v) is 9.07. The summed E-state index contributed by atoms with van der Waals surface area (Å²) in [6.45, 7) is 1.35. The maximum atomic E-state index is 9.29. The highest BCUT2D eigenvalue weighted by Gasteiger charge is 2.24. The number of thiol groups is 1. The normalized spacial score (nSPS) is 10.4. The Bertz CT molecular complexity index is 129. The molecule has 5 nitrogen and oxygen atoms in total. The minimum atomic E-state index is -0.881. The average Bonchev–Trinajstić information content (AvgIpc) is 2.23. The smallest absolute Gasteiger partial charge is 0.313 e. The van der Waals surface area contributed by atoms with Gasteiger partial charge in [0.2, 0.25) is 0 Å². The minimum absolute atomic E-state index is 0.0833. The summed E-state index contributed by atoms with van der Waals surface area (Å²) in [5.74, 6) is -0.965. The van der Waals surface area contributed by atoms with Crippen LogP contribution in [0.15, 0.2) is 0 Å². The van der Waals surface area contributed by atoms with Crippen molar-refractivity contribution in [2.45, 2.75) is 13.3 Å². The third-order valence-electron chi connectivity index (χ3n) is 1.89. The van der Waals surface area contributed by atoms with Crippen LogP contribution in [-0.4, -0.2) is 52.0 Å². The second-order valence-electron chi connectivity index (χ2n) is 2.88. The van der Waals surface area contributed by atoms with E-state index in [1.54, 1.807) is 0 Å². The van der Waals surface area contributed by atoms with Crippen LogP contribution in [0.4, 0.5) is 0 Å². The second kappa shape index (κ2) is 9.26. The van der Waals surface area contributed by atoms with Gasteiger partial charge in [-0.1, -0.05) is 6.92 Å². The number of carboxylic acid groups (broad SMARTS) is 1. The molecule has 0 bridgehead atoms. The molecule has 6 heteroatoms. The van der Waals surface area contributed by atoms with Gasteiger partial charge in [0.05, 0.1) is 25.6 Å². The van der Waals surface area contributed by atoms with E-state index in [1.165, 1.54) is 0 Å². The quantitative estimate of drug-likeness (QED) is 0.402. The molecule has 0 saturated carbocycles. The SMILES string of the molecule is CCC(CO)(CO)CO.O=C(O)CS. The van der Waals surface area contributed by atoms with Crippen LogP contribution in [0.25, 0.3) is 0 Å². The molecule has 0 atom stereocenters. The van der Waals surface area contributed by atoms with Crippen LogP contribution in [-0.2, 0) is 4.79 Å². The van der Waals surface area contributed by atoms with Crippen LogP contribution < -0.4 is 0 Å². The van der Waals surface area contributed by atoms with Gasteiger partial charge < -0.3 is 20.4 Å². The first-order chi connectivity index (χ1) is 6.51. The Balaban J connectivity index is 0. The molecule has 0 rings (SSSR count). The maximum absolute atomic E-state index is 9.29. The summed E-state index contributed by atoms with van der Waals surface area (Å²) in [6.07, 6.45) is 0.594. The summed E-state index contributed by atoms with van der Waals surface area (Å²) in [5.41, 5.74) is -0.667. The number of carboxylic acids is 1. The fraction of sp³-hybridized carbons (Fsp3) is 0.875. The van der Waals surface area contributed by atoms with Crippen LogP contribution in [0.1, 0.15) is 13.3 Å². The lowest BCUT2D eigenvalue weighted by Gasteiger charge is -2.24. The molecule has 0 aliphatic carbocycles. The predicted molar refractivity (Wildman–Crippen MR) is 55.5 cm³/mol. The zero-order chi connectivity index (χ0) is 11.6. The minimum Gasteiger partial charge on any atom is -0.481 e. The van der Waals surface area contributed by atoms with E-state index in [-0.39, 0.29) is 25.6 Å². The van der Waals surface area contributed by atoms with Gasteiger partial charge >= 0.3 is 5.97 Å². The Kier molecular flexibility index (Phi) is 10.7. The Morgan fingerprint density at radius 1 is 1.21 bits per heavy atom. The first kappa shape index (κ1) is 16.1. The number of rotatable bonds is 5. The summed E-state index contributed by atoms with van der Waals surface area (Å²) < 4.78 is 0. The molecule has 0 aromatic carbocycles. The molecule has 0 spiro atoms. The van der Waals surface area contributed by atoms with Crippen molar-refractivity contribution in [2.75, 3.05) is 25.6 Å². The molecule has 0 aliphatic rings. The van der Waals surface area contributed by atoms with E-state index >= 15 is 0 Å². The molecule has 0 amide bonds. The van der Waals surface area contributed by atoms with Gasteiger partial charge in [-0.3, -0.25) is 4.79 Å². The first-order valence-electron chi connectivity index (χ1n) is 4.17. The lowest BCUT2D eigenvalue weighted by Crippen LogP contribution is -2.32. The van der Waals surface area contributed by atoms with Gasteiger partial charge in [0.25, 0.3) is 0 Å². The highest BCUT2D eigenvalue weighted by atomic mass is 32.1. The molecule has 0 saturated heterocycles. The zero-order valence-electron chi connectivity index (χ0n) is 8.18. The van der Waals surface area contributed by atoms with Crippen molar-refractivity contribution in [3.8, 4) is 0 Å². The fourth-order valence-electron chi connectivity index (χ4n) is 0.485. The maximum Gasteiger partial charge on any atom is 0.313 e. The Labute approximate surface area is 88.8 Å². The molecule has 0 radical (unpaired) electrons. The number of hydrogen-bond donors (Lipinski definition) is 5. The molecule has 14 heavy (non-hydrogen) atoms. The average molecular weight is 226 g/mol. The molecule has 0 heterocycles. The summed E-state index contributed by atoms with van der Waals surface area (Å²) >= 11 is 3.42. The van der Waals surface area contributed by atoms with E-state index in [4.69, 9.17) is 20.4 Å². The topological polar surface area (TPSA) is 98.0 Å². The van der Waals surface area contributed by atoms with Gasteiger partial charge in [-0.05, 0) is 6.42 Å². The lowest BCUT2D eigenvalue weighted by atomic mass is 9.88. The Hall–Kier alpha value is -0.300. The molecular weight excluding hydrogens is 208 g/mol. The second-order valence-corrected chi connectivity index (χ2v) is 3.20. The van der Waals surface area contributed by atoms with Gasteiger partial charge in [0, 0.05) is 5.41 Å². The van der Waals surface area contributed by atoms with Crippen molar-refractivity contribution in [3.63, 3.8) is 0 Å². The van der Waals surface area contributed by atoms with E-state index in [0.29, 0.717) is 6.42 Å². The van der Waals surface area contributed by atoms with Crippen LogP contribution in [0.5, 0.6) is 0 Å². The Morgan fingerprint density at radius 3 is 1.50 bits per heavy atom. The number of hydrogen-bond acceptors (Lipinski definition) is 5. The molecule has 0 unspecified atom stereocenters. The van der Waals surface area contributed by atoms with Crippen molar-refractivity contribution in [3.05, 3.63) is 0 Å². The highest BCUT2D eigenvalue weighted by molar-refractivity contribution is 7.81.